The first-order valence-corrected chi connectivity index (χ1v) is 8.74. The molecule has 0 aromatic heterocycles. The maximum Gasteiger partial charge on any atom is 0.408 e. The molecule has 0 saturated carbocycles. The lowest BCUT2D eigenvalue weighted by Gasteiger charge is -2.23. The van der Waals surface area contributed by atoms with Crippen molar-refractivity contribution in [1.29, 1.82) is 0 Å². The zero-order valence-electron chi connectivity index (χ0n) is 16.0. The molecular formula is C21H25FN2O3. The molecule has 0 radical (unpaired) electrons. The Bertz CT molecular complexity index is 801. The maximum atomic E-state index is 13.3. The third-order valence-electron chi connectivity index (χ3n) is 3.74. The minimum atomic E-state index is -0.841. The second-order valence-electron chi connectivity index (χ2n) is 7.34. The number of alkyl carbamates (subject to hydrolysis) is 1. The molecule has 2 amide bonds. The van der Waals surface area contributed by atoms with Crippen molar-refractivity contribution >= 4 is 17.7 Å². The van der Waals surface area contributed by atoms with Crippen LogP contribution in [0.4, 0.5) is 14.9 Å². The zero-order valence-corrected chi connectivity index (χ0v) is 16.0. The third kappa shape index (κ3) is 6.73. The van der Waals surface area contributed by atoms with Crippen LogP contribution in [0.2, 0.25) is 0 Å². The van der Waals surface area contributed by atoms with E-state index in [0.717, 1.165) is 5.56 Å². The molecule has 0 bridgehead atoms. The number of carbonyl (C=O) groups is 2. The van der Waals surface area contributed by atoms with E-state index < -0.39 is 23.6 Å². The van der Waals surface area contributed by atoms with Gasteiger partial charge in [-0.25, -0.2) is 9.18 Å². The number of aryl methyl sites for hydroxylation is 1. The smallest absolute Gasteiger partial charge is 0.408 e. The van der Waals surface area contributed by atoms with E-state index in [2.05, 4.69) is 10.6 Å². The summed E-state index contributed by atoms with van der Waals surface area (Å²) in [5.41, 5.74) is 1.31. The third-order valence-corrected chi connectivity index (χ3v) is 3.74. The molecule has 1 unspecified atom stereocenters. The van der Waals surface area contributed by atoms with E-state index in [1.165, 1.54) is 18.2 Å². The number of nitrogens with one attached hydrogen (secondary N) is 2. The van der Waals surface area contributed by atoms with Crippen LogP contribution in [-0.4, -0.2) is 23.6 Å². The van der Waals surface area contributed by atoms with Gasteiger partial charge in [0, 0.05) is 12.1 Å². The summed E-state index contributed by atoms with van der Waals surface area (Å²) in [6, 6.07) is 12.6. The zero-order chi connectivity index (χ0) is 20.0. The Morgan fingerprint density at radius 3 is 2.37 bits per heavy atom. The molecule has 27 heavy (non-hydrogen) atoms. The normalized spacial score (nSPS) is 12.2. The molecular weight excluding hydrogens is 347 g/mol. The van der Waals surface area contributed by atoms with E-state index >= 15 is 0 Å². The van der Waals surface area contributed by atoms with Crippen LogP contribution in [0.25, 0.3) is 0 Å². The molecule has 1 atom stereocenters. The topological polar surface area (TPSA) is 67.4 Å². The van der Waals surface area contributed by atoms with Gasteiger partial charge in [0.15, 0.2) is 0 Å². The van der Waals surface area contributed by atoms with Gasteiger partial charge < -0.3 is 15.4 Å². The first-order chi connectivity index (χ1) is 12.6. The number of benzene rings is 2. The first kappa shape index (κ1) is 20.4. The van der Waals surface area contributed by atoms with Crippen LogP contribution in [0.5, 0.6) is 0 Å². The number of halogens is 1. The SMILES string of the molecule is Cc1cc(F)ccc1NC(=O)C(Cc1ccccc1)NC(=O)OC(C)(C)C. The Hall–Kier alpha value is -2.89. The molecule has 0 saturated heterocycles. The molecule has 2 aromatic rings. The van der Waals surface area contributed by atoms with E-state index in [1.807, 2.05) is 30.3 Å². The van der Waals surface area contributed by atoms with Gasteiger partial charge in [0.25, 0.3) is 0 Å². The van der Waals surface area contributed by atoms with E-state index in [4.69, 9.17) is 4.74 Å². The van der Waals surface area contributed by atoms with Crippen LogP contribution in [0, 0.1) is 12.7 Å². The highest BCUT2D eigenvalue weighted by atomic mass is 19.1. The second-order valence-corrected chi connectivity index (χ2v) is 7.34. The standard InChI is InChI=1S/C21H25FN2O3/c1-14-12-16(22)10-11-17(14)23-19(25)18(13-15-8-6-5-7-9-15)24-20(26)27-21(2,3)4/h5-12,18H,13H2,1-4H3,(H,23,25)(H,24,26). The Labute approximate surface area is 158 Å². The number of hydrogen-bond donors (Lipinski definition) is 2. The van der Waals surface area contributed by atoms with Gasteiger partial charge in [-0.3, -0.25) is 4.79 Å². The van der Waals surface area contributed by atoms with Crippen molar-refractivity contribution < 1.29 is 18.7 Å². The largest absolute Gasteiger partial charge is 0.444 e. The predicted molar refractivity (Wildman–Crippen MR) is 103 cm³/mol. The van der Waals surface area contributed by atoms with Gasteiger partial charge in [-0.05, 0) is 57.0 Å². The van der Waals surface area contributed by atoms with E-state index in [-0.39, 0.29) is 5.82 Å². The highest BCUT2D eigenvalue weighted by Crippen LogP contribution is 2.17. The Morgan fingerprint density at radius 2 is 1.78 bits per heavy atom. The number of hydrogen-bond acceptors (Lipinski definition) is 3. The summed E-state index contributed by atoms with van der Waals surface area (Å²) in [7, 11) is 0. The summed E-state index contributed by atoms with van der Waals surface area (Å²) in [4.78, 5) is 24.9. The van der Waals surface area contributed by atoms with E-state index in [0.29, 0.717) is 17.7 Å². The summed E-state index contributed by atoms with van der Waals surface area (Å²) < 4.78 is 18.5. The van der Waals surface area contributed by atoms with Crippen LogP contribution in [0.1, 0.15) is 31.9 Å². The lowest BCUT2D eigenvalue weighted by Crippen LogP contribution is -2.47. The molecule has 5 nitrogen and oxygen atoms in total. The summed E-state index contributed by atoms with van der Waals surface area (Å²) in [6.45, 7) is 6.95. The molecule has 2 rings (SSSR count). The van der Waals surface area contributed by atoms with Crippen LogP contribution in [0.15, 0.2) is 48.5 Å². The van der Waals surface area contributed by atoms with Gasteiger partial charge in [-0.1, -0.05) is 30.3 Å². The Morgan fingerprint density at radius 1 is 1.11 bits per heavy atom. The summed E-state index contributed by atoms with van der Waals surface area (Å²) in [5.74, 6) is -0.780. The predicted octanol–water partition coefficient (Wildman–Crippen LogP) is 4.21. The monoisotopic (exact) mass is 372 g/mol. The lowest BCUT2D eigenvalue weighted by molar-refractivity contribution is -0.118. The first-order valence-electron chi connectivity index (χ1n) is 8.74. The fraction of sp³-hybridized carbons (Fsp3) is 0.333. The highest BCUT2D eigenvalue weighted by Gasteiger charge is 2.25. The molecule has 2 aromatic carbocycles. The minimum Gasteiger partial charge on any atom is -0.444 e. The quantitative estimate of drug-likeness (QED) is 0.826. The number of carbonyl (C=O) groups excluding carboxylic acids is 2. The number of amides is 2. The molecule has 0 aliphatic heterocycles. The lowest BCUT2D eigenvalue weighted by atomic mass is 10.0. The van der Waals surface area contributed by atoms with Crippen LogP contribution in [0.3, 0.4) is 0 Å². The van der Waals surface area contributed by atoms with Crippen molar-refractivity contribution in [3.63, 3.8) is 0 Å². The maximum absolute atomic E-state index is 13.3. The van der Waals surface area contributed by atoms with Gasteiger partial charge in [-0.2, -0.15) is 0 Å². The average Bonchev–Trinajstić information content (AvgIpc) is 2.56. The summed E-state index contributed by atoms with van der Waals surface area (Å²) in [5, 5.41) is 5.38. The highest BCUT2D eigenvalue weighted by molar-refractivity contribution is 5.97. The van der Waals surface area contributed by atoms with Crippen LogP contribution >= 0.6 is 0 Å². The molecule has 144 valence electrons. The Kier molecular flexibility index (Phi) is 6.55. The molecule has 0 heterocycles. The van der Waals surface area contributed by atoms with E-state index in [9.17, 15) is 14.0 Å². The minimum absolute atomic E-state index is 0.298. The van der Waals surface area contributed by atoms with Crippen molar-refractivity contribution in [2.24, 2.45) is 0 Å². The van der Waals surface area contributed by atoms with Crippen molar-refractivity contribution in [3.05, 3.63) is 65.5 Å². The molecule has 0 aliphatic carbocycles. The fourth-order valence-electron chi connectivity index (χ4n) is 2.50. The molecule has 0 spiro atoms. The van der Waals surface area contributed by atoms with Crippen molar-refractivity contribution in [3.8, 4) is 0 Å². The molecule has 6 heteroatoms. The molecule has 2 N–H and O–H groups in total. The van der Waals surface area contributed by atoms with Gasteiger partial charge in [0.2, 0.25) is 5.91 Å². The van der Waals surface area contributed by atoms with Crippen molar-refractivity contribution in [1.82, 2.24) is 5.32 Å². The molecule has 0 fully saturated rings. The fourth-order valence-corrected chi connectivity index (χ4v) is 2.50. The summed E-state index contributed by atoms with van der Waals surface area (Å²) >= 11 is 0. The Balaban J connectivity index is 2.16. The summed E-state index contributed by atoms with van der Waals surface area (Å²) in [6.07, 6.45) is -0.374. The van der Waals surface area contributed by atoms with Crippen molar-refractivity contribution in [2.75, 3.05) is 5.32 Å². The second kappa shape index (κ2) is 8.66. The molecule has 0 aliphatic rings. The number of anilines is 1. The van der Waals surface area contributed by atoms with Gasteiger partial charge >= 0.3 is 6.09 Å². The van der Waals surface area contributed by atoms with Crippen molar-refractivity contribution in [2.45, 2.75) is 45.8 Å². The van der Waals surface area contributed by atoms with E-state index in [1.54, 1.807) is 27.7 Å². The number of rotatable bonds is 5. The van der Waals surface area contributed by atoms with Crippen LogP contribution < -0.4 is 10.6 Å². The number of ether oxygens (including phenoxy) is 1. The van der Waals surface area contributed by atoms with Crippen LogP contribution in [-0.2, 0) is 16.0 Å². The average molecular weight is 372 g/mol. The van der Waals surface area contributed by atoms with Gasteiger partial charge in [-0.15, -0.1) is 0 Å². The van der Waals surface area contributed by atoms with Gasteiger partial charge in [0.05, 0.1) is 0 Å². The van der Waals surface area contributed by atoms with Gasteiger partial charge in [0.1, 0.15) is 17.5 Å².